The van der Waals surface area contributed by atoms with Gasteiger partial charge in [0.15, 0.2) is 17.5 Å². The molecule has 0 saturated heterocycles. The van der Waals surface area contributed by atoms with E-state index in [2.05, 4.69) is 0 Å². The number of hydrogen-bond donors (Lipinski definition) is 0. The molecule has 0 atom stereocenters. The van der Waals surface area contributed by atoms with E-state index in [0.717, 1.165) is 24.3 Å². The van der Waals surface area contributed by atoms with Crippen LogP contribution in [0.25, 0.3) is 72.8 Å². The van der Waals surface area contributed by atoms with Crippen molar-refractivity contribution >= 4 is 21.8 Å². The summed E-state index contributed by atoms with van der Waals surface area (Å²) in [6, 6.07) is 35.6. The minimum atomic E-state index is -4.72. The third-order valence-electron chi connectivity index (χ3n) is 8.78. The van der Waals surface area contributed by atoms with Gasteiger partial charge < -0.3 is 4.57 Å². The summed E-state index contributed by atoms with van der Waals surface area (Å²) < 4.78 is 98.9. The van der Waals surface area contributed by atoms with Gasteiger partial charge in [-0.25, -0.2) is 19.3 Å². The molecule has 0 spiro atoms. The van der Waals surface area contributed by atoms with Crippen molar-refractivity contribution in [2.75, 3.05) is 0 Å². The highest BCUT2D eigenvalue weighted by Crippen LogP contribution is 2.41. The van der Waals surface area contributed by atoms with Crippen molar-refractivity contribution in [2.24, 2.45) is 0 Å². The van der Waals surface area contributed by atoms with Crippen molar-refractivity contribution in [2.45, 2.75) is 12.4 Å². The molecule has 8 rings (SSSR count). The summed E-state index contributed by atoms with van der Waals surface area (Å²) in [6.07, 6.45) is -9.44. The van der Waals surface area contributed by atoms with Crippen LogP contribution in [0, 0.1) is 5.82 Å². The minimum absolute atomic E-state index is 0.00188. The summed E-state index contributed by atoms with van der Waals surface area (Å²) in [7, 11) is 0. The van der Waals surface area contributed by atoms with Gasteiger partial charge in [0.1, 0.15) is 5.82 Å². The number of aromatic nitrogens is 4. The molecule has 2 heterocycles. The third-order valence-corrected chi connectivity index (χ3v) is 8.78. The van der Waals surface area contributed by atoms with Gasteiger partial charge in [0.25, 0.3) is 0 Å². The highest BCUT2D eigenvalue weighted by Gasteiger charge is 2.33. The second-order valence-corrected chi connectivity index (χ2v) is 12.1. The van der Waals surface area contributed by atoms with Crippen LogP contribution in [0.5, 0.6) is 0 Å². The quantitative estimate of drug-likeness (QED) is 0.168. The zero-order valence-electron chi connectivity index (χ0n) is 26.7. The normalized spacial score (nSPS) is 12.1. The fourth-order valence-corrected chi connectivity index (χ4v) is 6.32. The molecule has 0 amide bonds. The Bertz CT molecular complexity index is 2470. The Morgan fingerprint density at radius 2 is 0.904 bits per heavy atom. The molecular formula is C41H23F7N4. The van der Waals surface area contributed by atoms with E-state index < -0.39 is 29.3 Å². The zero-order chi connectivity index (χ0) is 36.2. The maximum Gasteiger partial charge on any atom is 0.416 e. The number of fused-ring (bicyclic) bond motifs is 3. The topological polar surface area (TPSA) is 43.6 Å². The summed E-state index contributed by atoms with van der Waals surface area (Å²) in [5.41, 5.74) is 2.08. The number of halogens is 7. The van der Waals surface area contributed by atoms with Gasteiger partial charge in [0, 0.05) is 33.2 Å². The molecule has 0 fully saturated rings. The van der Waals surface area contributed by atoms with Crippen molar-refractivity contribution in [1.29, 1.82) is 0 Å². The average molecular weight is 705 g/mol. The summed E-state index contributed by atoms with van der Waals surface area (Å²) in [5, 5.41) is -0.00375. The summed E-state index contributed by atoms with van der Waals surface area (Å²) >= 11 is 0. The molecule has 0 unspecified atom stereocenters. The first-order valence-electron chi connectivity index (χ1n) is 15.9. The van der Waals surface area contributed by atoms with Crippen molar-refractivity contribution in [3.8, 4) is 51.0 Å². The lowest BCUT2D eigenvalue weighted by Crippen LogP contribution is -2.04. The van der Waals surface area contributed by atoms with Crippen molar-refractivity contribution < 1.29 is 30.7 Å². The zero-order valence-corrected chi connectivity index (χ0v) is 26.7. The predicted molar refractivity (Wildman–Crippen MR) is 186 cm³/mol. The third kappa shape index (κ3) is 6.04. The Labute approximate surface area is 291 Å². The van der Waals surface area contributed by atoms with Gasteiger partial charge in [0.05, 0.1) is 22.2 Å². The van der Waals surface area contributed by atoms with E-state index in [1.807, 2.05) is 60.7 Å². The highest BCUT2D eigenvalue weighted by atomic mass is 19.4. The molecule has 4 nitrogen and oxygen atoms in total. The second kappa shape index (κ2) is 12.4. The van der Waals surface area contributed by atoms with E-state index in [4.69, 9.17) is 15.0 Å². The summed E-state index contributed by atoms with van der Waals surface area (Å²) in [5.74, 6) is 0.544. The Kier molecular flexibility index (Phi) is 7.86. The minimum Gasteiger partial charge on any atom is -0.309 e. The van der Waals surface area contributed by atoms with Crippen LogP contribution in [-0.2, 0) is 12.4 Å². The molecule has 256 valence electrons. The van der Waals surface area contributed by atoms with E-state index in [-0.39, 0.29) is 27.6 Å². The molecule has 0 N–H and O–H groups in total. The van der Waals surface area contributed by atoms with E-state index in [9.17, 15) is 30.7 Å². The number of alkyl halides is 6. The van der Waals surface area contributed by atoms with Crippen LogP contribution < -0.4 is 0 Å². The fraction of sp³-hybridized carbons (Fsp3) is 0.0488. The van der Waals surface area contributed by atoms with Crippen LogP contribution >= 0.6 is 0 Å². The molecule has 11 heteroatoms. The molecule has 8 aromatic rings. The molecule has 0 aliphatic carbocycles. The maximum atomic E-state index is 14.1. The monoisotopic (exact) mass is 704 g/mol. The first-order chi connectivity index (χ1) is 24.9. The lowest BCUT2D eigenvalue weighted by molar-refractivity contribution is -0.138. The largest absolute Gasteiger partial charge is 0.416 e. The molecule has 0 bridgehead atoms. The van der Waals surface area contributed by atoms with Crippen LogP contribution in [0.15, 0.2) is 140 Å². The van der Waals surface area contributed by atoms with Gasteiger partial charge in [-0.05, 0) is 71.8 Å². The second-order valence-electron chi connectivity index (χ2n) is 12.1. The fourth-order valence-electron chi connectivity index (χ4n) is 6.32. The van der Waals surface area contributed by atoms with Crippen LogP contribution in [-0.4, -0.2) is 19.5 Å². The maximum absolute atomic E-state index is 14.1. The van der Waals surface area contributed by atoms with E-state index in [1.54, 1.807) is 34.9 Å². The molecular weight excluding hydrogens is 681 g/mol. The van der Waals surface area contributed by atoms with Gasteiger partial charge in [0.2, 0.25) is 0 Å². The lowest BCUT2D eigenvalue weighted by Gasteiger charge is -2.16. The Morgan fingerprint density at radius 1 is 0.423 bits per heavy atom. The summed E-state index contributed by atoms with van der Waals surface area (Å²) in [6.45, 7) is 0. The Morgan fingerprint density at radius 3 is 1.38 bits per heavy atom. The molecule has 0 saturated carbocycles. The SMILES string of the molecule is Fc1ccc(-c2ccc(-n3c4ccc(C(F)(F)F)cc4c4cc(C(F)(F)F)ccc43)cc2-c2nc(-c3ccccc3)nc(-c3ccccc3)n2)cc1. The average Bonchev–Trinajstić information content (AvgIpc) is 3.48. The van der Waals surface area contributed by atoms with Gasteiger partial charge in [-0.3, -0.25) is 0 Å². The van der Waals surface area contributed by atoms with Crippen LogP contribution in [0.4, 0.5) is 30.7 Å². The number of benzene rings is 6. The smallest absolute Gasteiger partial charge is 0.309 e. The van der Waals surface area contributed by atoms with Crippen molar-refractivity contribution in [3.05, 3.63) is 156 Å². The van der Waals surface area contributed by atoms with Gasteiger partial charge in [-0.1, -0.05) is 78.9 Å². The standard InChI is InChI=1S/C41H23F7N4/c42-29-15-11-24(12-16-29)31-18-17-30(23-34(31)39-50-37(25-7-3-1-4-8-25)49-38(51-39)26-9-5-2-6-10-26)52-35-19-13-27(40(43,44)45)21-32(35)33-22-28(41(46,47)48)14-20-36(33)52/h1-23H. The first kappa shape index (κ1) is 32.8. The van der Waals surface area contributed by atoms with Crippen molar-refractivity contribution in [3.63, 3.8) is 0 Å². The molecule has 0 aliphatic rings. The predicted octanol–water partition coefficient (Wildman–Crippen LogP) is 11.8. The van der Waals surface area contributed by atoms with Gasteiger partial charge in [-0.15, -0.1) is 0 Å². The molecule has 0 radical (unpaired) electrons. The van der Waals surface area contributed by atoms with Gasteiger partial charge >= 0.3 is 12.4 Å². The number of hydrogen-bond acceptors (Lipinski definition) is 3. The van der Waals surface area contributed by atoms with Crippen LogP contribution in [0.2, 0.25) is 0 Å². The van der Waals surface area contributed by atoms with Crippen LogP contribution in [0.3, 0.4) is 0 Å². The van der Waals surface area contributed by atoms with E-state index in [1.165, 1.54) is 24.3 Å². The first-order valence-corrected chi connectivity index (χ1v) is 15.9. The number of nitrogens with zero attached hydrogens (tertiary/aromatic N) is 4. The Balaban J connectivity index is 1.43. The van der Waals surface area contributed by atoms with E-state index >= 15 is 0 Å². The molecule has 0 aliphatic heterocycles. The number of rotatable bonds is 5. The van der Waals surface area contributed by atoms with Gasteiger partial charge in [-0.2, -0.15) is 26.3 Å². The lowest BCUT2D eigenvalue weighted by atomic mass is 9.98. The summed E-state index contributed by atoms with van der Waals surface area (Å²) in [4.78, 5) is 14.5. The molecule has 52 heavy (non-hydrogen) atoms. The molecule has 6 aromatic carbocycles. The highest BCUT2D eigenvalue weighted by molar-refractivity contribution is 6.10. The van der Waals surface area contributed by atoms with E-state index in [0.29, 0.717) is 45.2 Å². The molecule has 2 aromatic heterocycles. The Hall–Kier alpha value is -6.36. The van der Waals surface area contributed by atoms with Crippen LogP contribution in [0.1, 0.15) is 11.1 Å². The van der Waals surface area contributed by atoms with Crippen molar-refractivity contribution in [1.82, 2.24) is 19.5 Å².